The van der Waals surface area contributed by atoms with Crippen molar-refractivity contribution in [1.82, 2.24) is 4.98 Å². The van der Waals surface area contributed by atoms with Crippen LogP contribution in [0.1, 0.15) is 17.4 Å². The fourth-order valence-corrected chi connectivity index (χ4v) is 2.43. The summed E-state index contributed by atoms with van der Waals surface area (Å²) < 4.78 is 37.0. The van der Waals surface area contributed by atoms with Gasteiger partial charge >= 0.3 is 18.1 Å². The van der Waals surface area contributed by atoms with Crippen LogP contribution in [0.5, 0.6) is 0 Å². The Morgan fingerprint density at radius 3 is 2.45 bits per heavy atom. The molecule has 124 valence electrons. The van der Waals surface area contributed by atoms with Gasteiger partial charge < -0.3 is 19.8 Å². The molecule has 0 saturated carbocycles. The zero-order chi connectivity index (χ0) is 16.9. The number of carbonyl (C=O) groups is 2. The van der Waals surface area contributed by atoms with Gasteiger partial charge in [-0.05, 0) is 6.92 Å². The molecular weight excluding hydrogens is 329 g/mol. The monoisotopic (exact) mass is 342 g/mol. The van der Waals surface area contributed by atoms with Gasteiger partial charge in [-0.2, -0.15) is 13.2 Å². The van der Waals surface area contributed by atoms with E-state index in [4.69, 9.17) is 19.7 Å². The number of aromatic carboxylic acids is 1. The molecule has 0 bridgehead atoms. The van der Waals surface area contributed by atoms with Gasteiger partial charge in [-0.15, -0.1) is 11.3 Å². The lowest BCUT2D eigenvalue weighted by atomic mass is 10.3. The molecule has 1 fully saturated rings. The predicted molar refractivity (Wildman–Crippen MR) is 70.4 cm³/mol. The van der Waals surface area contributed by atoms with Gasteiger partial charge in [-0.1, -0.05) is 0 Å². The van der Waals surface area contributed by atoms with Crippen LogP contribution < -0.4 is 4.90 Å². The maximum atomic E-state index is 10.7. The Bertz CT molecular complexity index is 534. The average Bonchev–Trinajstić information content (AvgIpc) is 2.88. The number of halogens is 3. The van der Waals surface area contributed by atoms with Crippen LogP contribution in [-0.4, -0.2) is 59.1 Å². The summed E-state index contributed by atoms with van der Waals surface area (Å²) in [5, 5.41) is 18.2. The maximum absolute atomic E-state index is 10.7. The molecule has 0 spiro atoms. The Kier molecular flexibility index (Phi) is 6.11. The fourth-order valence-electron chi connectivity index (χ4n) is 1.51. The number of carboxylic acids is 2. The minimum Gasteiger partial charge on any atom is -0.476 e. The molecule has 7 nitrogen and oxygen atoms in total. The van der Waals surface area contributed by atoms with E-state index < -0.39 is 18.1 Å². The van der Waals surface area contributed by atoms with Crippen molar-refractivity contribution in [2.45, 2.75) is 19.1 Å². The van der Waals surface area contributed by atoms with Gasteiger partial charge in [0.1, 0.15) is 0 Å². The Morgan fingerprint density at radius 2 is 2.05 bits per heavy atom. The minimum absolute atomic E-state index is 0.119. The van der Waals surface area contributed by atoms with E-state index >= 15 is 0 Å². The molecule has 11 heteroatoms. The molecule has 1 aliphatic rings. The molecule has 2 heterocycles. The van der Waals surface area contributed by atoms with Gasteiger partial charge in [0.15, 0.2) is 10.8 Å². The highest BCUT2D eigenvalue weighted by Crippen LogP contribution is 2.24. The van der Waals surface area contributed by atoms with Crippen molar-refractivity contribution < 1.29 is 37.7 Å². The first-order valence-electron chi connectivity index (χ1n) is 5.96. The summed E-state index contributed by atoms with van der Waals surface area (Å²) in [6.45, 7) is 4.16. The summed E-state index contributed by atoms with van der Waals surface area (Å²) in [7, 11) is 0. The lowest BCUT2D eigenvalue weighted by molar-refractivity contribution is -0.192. The number of alkyl halides is 3. The zero-order valence-corrected chi connectivity index (χ0v) is 12.1. The second-order valence-corrected chi connectivity index (χ2v) is 5.08. The standard InChI is InChI=1S/C9H12N2O3S.C2HF3O2/c1-6-4-14-3-2-11(6)9-10-7(5-15-9)8(12)13;3-2(4,5)1(6)7/h5-6H,2-4H2,1H3,(H,12,13);(H,6,7). The van der Waals surface area contributed by atoms with Crippen molar-refractivity contribution in [3.05, 3.63) is 11.1 Å². The Labute approximate surface area is 126 Å². The lowest BCUT2D eigenvalue weighted by Crippen LogP contribution is -2.43. The van der Waals surface area contributed by atoms with Crippen LogP contribution in [0.15, 0.2) is 5.38 Å². The van der Waals surface area contributed by atoms with Crippen molar-refractivity contribution in [2.24, 2.45) is 0 Å². The number of carboxylic acid groups (broad SMARTS) is 2. The number of anilines is 1. The van der Waals surface area contributed by atoms with Gasteiger partial charge in [-0.3, -0.25) is 0 Å². The van der Waals surface area contributed by atoms with Crippen LogP contribution >= 0.6 is 11.3 Å². The molecule has 0 aliphatic carbocycles. The van der Waals surface area contributed by atoms with Crippen molar-refractivity contribution in [3.8, 4) is 0 Å². The van der Waals surface area contributed by atoms with E-state index in [1.807, 2.05) is 6.92 Å². The molecule has 1 atom stereocenters. The molecule has 0 aromatic carbocycles. The molecule has 2 N–H and O–H groups in total. The van der Waals surface area contributed by atoms with Gasteiger partial charge in [0.25, 0.3) is 0 Å². The quantitative estimate of drug-likeness (QED) is 0.844. The number of ether oxygens (including phenoxy) is 1. The van der Waals surface area contributed by atoms with E-state index in [9.17, 15) is 18.0 Å². The van der Waals surface area contributed by atoms with Gasteiger partial charge in [0.2, 0.25) is 0 Å². The number of hydrogen-bond acceptors (Lipinski definition) is 6. The number of nitrogens with zero attached hydrogens (tertiary/aromatic N) is 2. The van der Waals surface area contributed by atoms with E-state index in [0.29, 0.717) is 13.2 Å². The van der Waals surface area contributed by atoms with Crippen LogP contribution in [0.3, 0.4) is 0 Å². The SMILES string of the molecule is CC1COCCN1c1nc(C(=O)O)cs1.O=C(O)C(F)(F)F. The molecule has 1 saturated heterocycles. The zero-order valence-electron chi connectivity index (χ0n) is 11.3. The van der Waals surface area contributed by atoms with Crippen molar-refractivity contribution in [1.29, 1.82) is 0 Å². The third-order valence-electron chi connectivity index (χ3n) is 2.57. The van der Waals surface area contributed by atoms with Crippen LogP contribution in [-0.2, 0) is 9.53 Å². The van der Waals surface area contributed by atoms with Crippen molar-refractivity contribution in [3.63, 3.8) is 0 Å². The summed E-state index contributed by atoms with van der Waals surface area (Å²) in [5.41, 5.74) is 0.119. The van der Waals surface area contributed by atoms with Crippen LogP contribution in [0.25, 0.3) is 0 Å². The Morgan fingerprint density at radius 1 is 1.45 bits per heavy atom. The molecule has 2 rings (SSSR count). The minimum atomic E-state index is -5.08. The summed E-state index contributed by atoms with van der Waals surface area (Å²) in [6.07, 6.45) is -5.08. The molecular formula is C11H13F3N2O5S. The smallest absolute Gasteiger partial charge is 0.476 e. The molecule has 1 aromatic rings. The first kappa shape index (κ1) is 18.2. The molecule has 0 radical (unpaired) electrons. The number of aromatic nitrogens is 1. The Hall–Kier alpha value is -1.88. The van der Waals surface area contributed by atoms with E-state index in [1.165, 1.54) is 11.3 Å². The van der Waals surface area contributed by atoms with Crippen LogP contribution in [0, 0.1) is 0 Å². The number of morpholine rings is 1. The lowest BCUT2D eigenvalue weighted by Gasteiger charge is -2.32. The fraction of sp³-hybridized carbons (Fsp3) is 0.545. The van der Waals surface area contributed by atoms with Crippen LogP contribution in [0.2, 0.25) is 0 Å². The Balaban J connectivity index is 0.000000295. The van der Waals surface area contributed by atoms with Crippen molar-refractivity contribution in [2.75, 3.05) is 24.7 Å². The molecule has 1 unspecified atom stereocenters. The largest absolute Gasteiger partial charge is 0.490 e. The summed E-state index contributed by atoms with van der Waals surface area (Å²) in [6, 6.07) is 0.256. The first-order valence-corrected chi connectivity index (χ1v) is 6.84. The third-order valence-corrected chi connectivity index (χ3v) is 3.44. The van der Waals surface area contributed by atoms with Gasteiger partial charge in [0.05, 0.1) is 19.3 Å². The average molecular weight is 342 g/mol. The summed E-state index contributed by atoms with van der Waals surface area (Å²) >= 11 is 1.37. The number of hydrogen-bond donors (Lipinski definition) is 2. The predicted octanol–water partition coefficient (Wildman–Crippen LogP) is 1.70. The van der Waals surface area contributed by atoms with Crippen LogP contribution in [0.4, 0.5) is 18.3 Å². The molecule has 1 aromatic heterocycles. The number of aliphatic carboxylic acids is 1. The second-order valence-electron chi connectivity index (χ2n) is 4.24. The highest BCUT2D eigenvalue weighted by Gasteiger charge is 2.38. The molecule has 22 heavy (non-hydrogen) atoms. The van der Waals surface area contributed by atoms with E-state index in [1.54, 1.807) is 5.38 Å². The summed E-state index contributed by atoms with van der Waals surface area (Å²) in [4.78, 5) is 25.7. The topological polar surface area (TPSA) is 100.0 Å². The van der Waals surface area contributed by atoms with E-state index in [-0.39, 0.29) is 11.7 Å². The molecule has 0 amide bonds. The maximum Gasteiger partial charge on any atom is 0.490 e. The summed E-state index contributed by atoms with van der Waals surface area (Å²) in [5.74, 6) is -3.73. The second kappa shape index (κ2) is 7.40. The van der Waals surface area contributed by atoms with Crippen molar-refractivity contribution >= 4 is 28.4 Å². The van der Waals surface area contributed by atoms with E-state index in [2.05, 4.69) is 9.88 Å². The molecule has 1 aliphatic heterocycles. The van der Waals surface area contributed by atoms with Gasteiger partial charge in [-0.25, -0.2) is 14.6 Å². The first-order chi connectivity index (χ1) is 10.1. The third kappa shape index (κ3) is 5.15. The highest BCUT2D eigenvalue weighted by atomic mass is 32.1. The normalized spacial score (nSPS) is 18.4. The number of rotatable bonds is 2. The van der Waals surface area contributed by atoms with E-state index in [0.717, 1.165) is 11.7 Å². The number of thiazole rings is 1. The van der Waals surface area contributed by atoms with Gasteiger partial charge in [0, 0.05) is 11.9 Å². The highest BCUT2D eigenvalue weighted by molar-refractivity contribution is 7.13.